The van der Waals surface area contributed by atoms with Crippen LogP contribution in [0.25, 0.3) is 10.9 Å². The van der Waals surface area contributed by atoms with E-state index in [0.29, 0.717) is 28.9 Å². The number of benzene rings is 2. The lowest BCUT2D eigenvalue weighted by Gasteiger charge is -2.22. The molecule has 2 N–H and O–H groups in total. The van der Waals surface area contributed by atoms with Gasteiger partial charge >= 0.3 is 0 Å². The summed E-state index contributed by atoms with van der Waals surface area (Å²) < 4.78 is 16.6. The molecule has 1 amide bonds. The Balaban J connectivity index is 1.92. The number of nitrogens with one attached hydrogen (secondary N) is 2. The molecule has 0 radical (unpaired) electrons. The smallest absolute Gasteiger partial charge is 0.207 e. The standard InChI is InChI=1S/C24H29ClN2O4/c1-5-15-9-23(30-4)24(31-6-2)11-17(15)20(27-14-28)8-7-16-13-26-21-12-19(25)22(29-3)10-18(16)21/h9-14,20,26H,5-8H2,1-4H3,(H,27,28). The number of aryl methyl sites for hydroxylation is 2. The van der Waals surface area contributed by atoms with Crippen molar-refractivity contribution in [3.8, 4) is 17.2 Å². The molecule has 0 bridgehead atoms. The number of carbonyl (C=O) groups is 1. The third-order valence-corrected chi connectivity index (χ3v) is 5.79. The molecule has 3 rings (SSSR count). The van der Waals surface area contributed by atoms with Crippen LogP contribution in [0.1, 0.15) is 43.0 Å². The zero-order valence-corrected chi connectivity index (χ0v) is 19.1. The van der Waals surface area contributed by atoms with E-state index >= 15 is 0 Å². The maximum atomic E-state index is 11.4. The second kappa shape index (κ2) is 10.4. The predicted molar refractivity (Wildman–Crippen MR) is 124 cm³/mol. The monoisotopic (exact) mass is 444 g/mol. The summed E-state index contributed by atoms with van der Waals surface area (Å²) in [5, 5.41) is 4.62. The van der Waals surface area contributed by atoms with Crippen molar-refractivity contribution in [3.05, 3.63) is 52.2 Å². The lowest BCUT2D eigenvalue weighted by atomic mass is 9.93. The highest BCUT2D eigenvalue weighted by Gasteiger charge is 2.19. The Morgan fingerprint density at radius 2 is 1.84 bits per heavy atom. The van der Waals surface area contributed by atoms with Crippen LogP contribution in [-0.2, 0) is 17.6 Å². The van der Waals surface area contributed by atoms with E-state index in [2.05, 4.69) is 17.2 Å². The molecule has 166 valence electrons. The third kappa shape index (κ3) is 4.90. The fraction of sp³-hybridized carbons (Fsp3) is 0.375. The average molecular weight is 445 g/mol. The van der Waals surface area contributed by atoms with Crippen molar-refractivity contribution in [2.75, 3.05) is 20.8 Å². The molecule has 2 aromatic carbocycles. The van der Waals surface area contributed by atoms with Crippen molar-refractivity contribution in [1.82, 2.24) is 10.3 Å². The Morgan fingerprint density at radius 3 is 2.48 bits per heavy atom. The predicted octanol–water partition coefficient (Wildman–Crippen LogP) is 5.22. The van der Waals surface area contributed by atoms with Gasteiger partial charge in [-0.25, -0.2) is 0 Å². The van der Waals surface area contributed by atoms with Gasteiger partial charge in [-0.15, -0.1) is 0 Å². The van der Waals surface area contributed by atoms with E-state index in [-0.39, 0.29) is 6.04 Å². The van der Waals surface area contributed by atoms with E-state index in [1.165, 1.54) is 0 Å². The largest absolute Gasteiger partial charge is 0.495 e. The van der Waals surface area contributed by atoms with Gasteiger partial charge in [0.2, 0.25) is 6.41 Å². The zero-order chi connectivity index (χ0) is 22.4. The molecular formula is C24H29ClN2O4. The summed E-state index contributed by atoms with van der Waals surface area (Å²) in [6.07, 6.45) is 5.04. The first-order valence-corrected chi connectivity index (χ1v) is 10.8. The van der Waals surface area contributed by atoms with E-state index in [4.69, 9.17) is 25.8 Å². The SMILES string of the molecule is CCOc1cc(C(CCc2c[nH]c3cc(Cl)c(OC)cc23)NC=O)c(CC)cc1OC. The molecule has 6 nitrogen and oxygen atoms in total. The van der Waals surface area contributed by atoms with Gasteiger partial charge in [-0.1, -0.05) is 18.5 Å². The molecule has 0 fully saturated rings. The normalized spacial score (nSPS) is 11.9. The first kappa shape index (κ1) is 22.8. The third-order valence-electron chi connectivity index (χ3n) is 5.49. The Hall–Kier alpha value is -2.86. The number of ether oxygens (including phenoxy) is 3. The summed E-state index contributed by atoms with van der Waals surface area (Å²) in [5.74, 6) is 2.02. The molecular weight excluding hydrogens is 416 g/mol. The molecule has 7 heteroatoms. The van der Waals surface area contributed by atoms with Gasteiger partial charge in [-0.2, -0.15) is 0 Å². The first-order valence-electron chi connectivity index (χ1n) is 10.4. The second-order valence-electron chi connectivity index (χ2n) is 7.21. The van der Waals surface area contributed by atoms with E-state index in [1.54, 1.807) is 14.2 Å². The number of hydrogen-bond acceptors (Lipinski definition) is 4. The number of H-pyrrole nitrogens is 1. The maximum Gasteiger partial charge on any atom is 0.207 e. The van der Waals surface area contributed by atoms with Crippen LogP contribution < -0.4 is 19.5 Å². The number of fused-ring (bicyclic) bond motifs is 1. The highest BCUT2D eigenvalue weighted by molar-refractivity contribution is 6.32. The van der Waals surface area contributed by atoms with Crippen LogP contribution in [-0.4, -0.2) is 32.2 Å². The Bertz CT molecular complexity index is 1050. The van der Waals surface area contributed by atoms with Crippen molar-refractivity contribution < 1.29 is 19.0 Å². The summed E-state index contributed by atoms with van der Waals surface area (Å²) in [5.41, 5.74) is 4.25. The van der Waals surface area contributed by atoms with E-state index in [9.17, 15) is 4.79 Å². The van der Waals surface area contributed by atoms with Crippen molar-refractivity contribution >= 4 is 28.9 Å². The highest BCUT2D eigenvalue weighted by Crippen LogP contribution is 2.36. The minimum atomic E-state index is -0.156. The molecule has 1 heterocycles. The molecule has 0 saturated heterocycles. The van der Waals surface area contributed by atoms with Gasteiger partial charge in [0.1, 0.15) is 5.75 Å². The van der Waals surface area contributed by atoms with Crippen molar-refractivity contribution in [1.29, 1.82) is 0 Å². The minimum absolute atomic E-state index is 0.156. The molecule has 0 aliphatic carbocycles. The lowest BCUT2D eigenvalue weighted by Crippen LogP contribution is -2.21. The topological polar surface area (TPSA) is 72.6 Å². The van der Waals surface area contributed by atoms with Gasteiger partial charge in [0.05, 0.1) is 31.9 Å². The number of carbonyl (C=O) groups excluding carboxylic acids is 1. The quantitative estimate of drug-likeness (QED) is 0.398. The van der Waals surface area contributed by atoms with Crippen LogP contribution in [0.3, 0.4) is 0 Å². The van der Waals surface area contributed by atoms with Gasteiger partial charge < -0.3 is 24.5 Å². The fourth-order valence-electron chi connectivity index (χ4n) is 3.93. The Kier molecular flexibility index (Phi) is 7.69. The number of amides is 1. The van der Waals surface area contributed by atoms with Crippen LogP contribution in [0.4, 0.5) is 0 Å². The van der Waals surface area contributed by atoms with E-state index in [1.807, 2.05) is 37.4 Å². The summed E-state index contributed by atoms with van der Waals surface area (Å²) in [6, 6.07) is 7.65. The van der Waals surface area contributed by atoms with Gasteiger partial charge in [-0.05, 0) is 67.1 Å². The molecule has 0 saturated carbocycles. The molecule has 0 aliphatic rings. The molecule has 0 aliphatic heterocycles. The number of aromatic nitrogens is 1. The number of hydrogen-bond donors (Lipinski definition) is 2. The van der Waals surface area contributed by atoms with Crippen molar-refractivity contribution in [2.24, 2.45) is 0 Å². The summed E-state index contributed by atoms with van der Waals surface area (Å²) in [4.78, 5) is 14.7. The van der Waals surface area contributed by atoms with Gasteiger partial charge in [0.15, 0.2) is 11.5 Å². The molecule has 3 aromatic rings. The summed E-state index contributed by atoms with van der Waals surface area (Å²) in [7, 11) is 3.24. The van der Waals surface area contributed by atoms with Crippen LogP contribution in [0.15, 0.2) is 30.5 Å². The zero-order valence-electron chi connectivity index (χ0n) is 18.4. The van der Waals surface area contributed by atoms with Crippen LogP contribution in [0, 0.1) is 0 Å². The molecule has 1 aromatic heterocycles. The van der Waals surface area contributed by atoms with Crippen molar-refractivity contribution in [3.63, 3.8) is 0 Å². The molecule has 1 unspecified atom stereocenters. The fourth-order valence-corrected chi connectivity index (χ4v) is 4.17. The molecule has 1 atom stereocenters. The minimum Gasteiger partial charge on any atom is -0.495 e. The van der Waals surface area contributed by atoms with Crippen molar-refractivity contribution in [2.45, 2.75) is 39.2 Å². The van der Waals surface area contributed by atoms with Gasteiger partial charge in [0.25, 0.3) is 0 Å². The van der Waals surface area contributed by atoms with Crippen LogP contribution >= 0.6 is 11.6 Å². The van der Waals surface area contributed by atoms with E-state index in [0.717, 1.165) is 53.3 Å². The summed E-state index contributed by atoms with van der Waals surface area (Å²) in [6.45, 7) is 4.56. The second-order valence-corrected chi connectivity index (χ2v) is 7.62. The van der Waals surface area contributed by atoms with Crippen LogP contribution in [0.5, 0.6) is 17.2 Å². The average Bonchev–Trinajstić information content (AvgIpc) is 3.17. The highest BCUT2D eigenvalue weighted by atomic mass is 35.5. The van der Waals surface area contributed by atoms with Crippen LogP contribution in [0.2, 0.25) is 5.02 Å². The number of halogens is 1. The number of rotatable bonds is 11. The lowest BCUT2D eigenvalue weighted by molar-refractivity contribution is -0.110. The molecule has 0 spiro atoms. The van der Waals surface area contributed by atoms with E-state index < -0.39 is 0 Å². The summed E-state index contributed by atoms with van der Waals surface area (Å²) >= 11 is 6.24. The van der Waals surface area contributed by atoms with Gasteiger partial charge in [0, 0.05) is 17.1 Å². The number of methoxy groups -OCH3 is 2. The Morgan fingerprint density at radius 1 is 1.06 bits per heavy atom. The number of aromatic amines is 1. The van der Waals surface area contributed by atoms with Gasteiger partial charge in [-0.3, -0.25) is 4.79 Å². The Labute approximate surface area is 187 Å². The molecule has 31 heavy (non-hydrogen) atoms. The first-order chi connectivity index (χ1) is 15.1. The maximum absolute atomic E-state index is 11.4.